The van der Waals surface area contributed by atoms with E-state index >= 15 is 0 Å². The van der Waals surface area contributed by atoms with Crippen molar-refractivity contribution in [3.8, 4) is 0 Å². The van der Waals surface area contributed by atoms with Gasteiger partial charge in [0.25, 0.3) is 0 Å². The molecule has 1 unspecified atom stereocenters. The summed E-state index contributed by atoms with van der Waals surface area (Å²) in [7, 11) is 0. The largest absolute Gasteiger partial charge is 0.368 e. The smallest absolute Gasteiger partial charge is 0.234 e. The van der Waals surface area contributed by atoms with Crippen molar-refractivity contribution in [3.05, 3.63) is 0 Å². The van der Waals surface area contributed by atoms with Crippen molar-refractivity contribution < 1.29 is 4.79 Å². The molecule has 0 radical (unpaired) electrons. The summed E-state index contributed by atoms with van der Waals surface area (Å²) in [6, 6.07) is 0.116. The van der Waals surface area contributed by atoms with Crippen LogP contribution in [0.15, 0.2) is 0 Å². The van der Waals surface area contributed by atoms with E-state index < -0.39 is 0 Å². The number of carbonyl (C=O) groups is 1. The molecule has 1 saturated carbocycles. The zero-order valence-corrected chi connectivity index (χ0v) is 13.9. The summed E-state index contributed by atoms with van der Waals surface area (Å²) in [4.78, 5) is 14.0. The van der Waals surface area contributed by atoms with Gasteiger partial charge in [-0.1, -0.05) is 33.1 Å². The molecule has 0 bridgehead atoms. The molecule has 0 aromatic heterocycles. The first-order valence-electron chi connectivity index (χ1n) is 8.78. The molecule has 1 aliphatic heterocycles. The summed E-state index contributed by atoms with van der Waals surface area (Å²) in [6.07, 6.45) is 10.7. The monoisotopic (exact) mass is 295 g/mol. The highest BCUT2D eigenvalue weighted by Crippen LogP contribution is 2.44. The molecule has 1 spiro atoms. The molecule has 1 saturated heterocycles. The third-order valence-electron chi connectivity index (χ3n) is 5.44. The molecule has 1 heterocycles. The van der Waals surface area contributed by atoms with E-state index in [0.717, 1.165) is 13.0 Å². The summed E-state index contributed by atoms with van der Waals surface area (Å²) >= 11 is 0. The van der Waals surface area contributed by atoms with Crippen LogP contribution in [0.2, 0.25) is 0 Å². The van der Waals surface area contributed by atoms with Gasteiger partial charge in [0.05, 0.1) is 6.04 Å². The molecule has 1 atom stereocenters. The van der Waals surface area contributed by atoms with Crippen molar-refractivity contribution in [2.75, 3.05) is 19.6 Å². The third kappa shape index (κ3) is 4.96. The van der Waals surface area contributed by atoms with Gasteiger partial charge in [-0.3, -0.25) is 4.79 Å². The lowest BCUT2D eigenvalue weighted by Crippen LogP contribution is -2.48. The third-order valence-corrected chi connectivity index (χ3v) is 5.44. The number of nitrogens with zero attached hydrogens (tertiary/aromatic N) is 1. The maximum Gasteiger partial charge on any atom is 0.234 e. The first kappa shape index (κ1) is 16.8. The van der Waals surface area contributed by atoms with Crippen molar-refractivity contribution in [2.45, 2.75) is 77.3 Å². The fraction of sp³-hybridized carbons (Fsp3) is 0.941. The summed E-state index contributed by atoms with van der Waals surface area (Å²) in [6.45, 7) is 7.51. The number of primary amides is 1. The molecule has 4 heteroatoms. The highest BCUT2D eigenvalue weighted by molar-refractivity contribution is 5.79. The van der Waals surface area contributed by atoms with Crippen LogP contribution in [-0.4, -0.2) is 42.5 Å². The summed E-state index contributed by atoms with van der Waals surface area (Å²) in [5, 5.41) is 3.27. The first-order valence-corrected chi connectivity index (χ1v) is 8.78. The number of nitrogens with one attached hydrogen (secondary N) is 1. The van der Waals surface area contributed by atoms with E-state index in [2.05, 4.69) is 24.1 Å². The minimum atomic E-state index is -0.218. The molecule has 0 aromatic rings. The lowest BCUT2D eigenvalue weighted by atomic mass is 9.68. The molecule has 4 nitrogen and oxygen atoms in total. The van der Waals surface area contributed by atoms with Gasteiger partial charge in [0.1, 0.15) is 0 Å². The van der Waals surface area contributed by atoms with E-state index in [1.807, 2.05) is 0 Å². The highest BCUT2D eigenvalue weighted by Gasteiger charge is 2.35. The Morgan fingerprint density at radius 2 is 1.76 bits per heavy atom. The van der Waals surface area contributed by atoms with Crippen LogP contribution in [0.3, 0.4) is 0 Å². The van der Waals surface area contributed by atoms with Crippen LogP contribution in [0.4, 0.5) is 0 Å². The van der Waals surface area contributed by atoms with E-state index in [9.17, 15) is 4.79 Å². The number of hydrogen-bond donors (Lipinski definition) is 2. The maximum atomic E-state index is 11.5. The normalized spacial score (nSPS) is 24.3. The zero-order chi connectivity index (χ0) is 15.3. The SMILES string of the molecule is CC(C)NC(CCN1CCC2(CCCCC2)CC1)C(N)=O. The molecular weight excluding hydrogens is 262 g/mol. The van der Waals surface area contributed by atoms with E-state index in [0.29, 0.717) is 11.5 Å². The molecule has 21 heavy (non-hydrogen) atoms. The number of carbonyl (C=O) groups excluding carboxylic acids is 1. The standard InChI is InChI=1S/C17H33N3O/c1-14(2)19-15(16(18)21)6-11-20-12-9-17(10-13-20)7-4-3-5-8-17/h14-15,19H,3-13H2,1-2H3,(H2,18,21). The van der Waals surface area contributed by atoms with Crippen molar-refractivity contribution in [2.24, 2.45) is 11.1 Å². The Labute approximate surface area is 129 Å². The first-order chi connectivity index (χ1) is 10.0. The number of amides is 1. The van der Waals surface area contributed by atoms with Crippen LogP contribution in [0.25, 0.3) is 0 Å². The van der Waals surface area contributed by atoms with E-state index in [-0.39, 0.29) is 11.9 Å². The van der Waals surface area contributed by atoms with Crippen molar-refractivity contribution >= 4 is 5.91 Å². The van der Waals surface area contributed by atoms with Crippen LogP contribution in [0.1, 0.15) is 65.2 Å². The highest BCUT2D eigenvalue weighted by atomic mass is 16.1. The van der Waals surface area contributed by atoms with Gasteiger partial charge in [0.15, 0.2) is 0 Å². The Bertz CT molecular complexity index is 327. The Morgan fingerprint density at radius 3 is 2.29 bits per heavy atom. The van der Waals surface area contributed by atoms with E-state index in [4.69, 9.17) is 5.73 Å². The van der Waals surface area contributed by atoms with Gasteiger partial charge in [-0.2, -0.15) is 0 Å². The van der Waals surface area contributed by atoms with Crippen molar-refractivity contribution in [3.63, 3.8) is 0 Å². The quantitative estimate of drug-likeness (QED) is 0.790. The van der Waals surface area contributed by atoms with Crippen molar-refractivity contribution in [1.29, 1.82) is 0 Å². The minimum Gasteiger partial charge on any atom is -0.368 e. The van der Waals surface area contributed by atoms with Gasteiger partial charge >= 0.3 is 0 Å². The van der Waals surface area contributed by atoms with Gasteiger partial charge in [-0.25, -0.2) is 0 Å². The van der Waals surface area contributed by atoms with Crippen LogP contribution in [-0.2, 0) is 4.79 Å². The molecule has 1 aliphatic carbocycles. The molecule has 122 valence electrons. The second kappa shape index (κ2) is 7.59. The van der Waals surface area contributed by atoms with Crippen LogP contribution < -0.4 is 11.1 Å². The summed E-state index contributed by atoms with van der Waals surface area (Å²) in [5.41, 5.74) is 6.15. The fourth-order valence-electron chi connectivity index (χ4n) is 4.07. The molecule has 1 amide bonds. The molecular formula is C17H33N3O. The topological polar surface area (TPSA) is 58.4 Å². The fourth-order valence-corrected chi connectivity index (χ4v) is 4.07. The van der Waals surface area contributed by atoms with Gasteiger partial charge in [-0.15, -0.1) is 0 Å². The molecule has 2 rings (SSSR count). The summed E-state index contributed by atoms with van der Waals surface area (Å²) < 4.78 is 0. The molecule has 2 aliphatic rings. The molecule has 0 aromatic carbocycles. The lowest BCUT2D eigenvalue weighted by molar-refractivity contribution is -0.120. The summed E-state index contributed by atoms with van der Waals surface area (Å²) in [5.74, 6) is -0.218. The Kier molecular flexibility index (Phi) is 6.06. The Morgan fingerprint density at radius 1 is 1.14 bits per heavy atom. The van der Waals surface area contributed by atoms with Gasteiger partial charge in [0.2, 0.25) is 5.91 Å². The second-order valence-electron chi connectivity index (χ2n) is 7.47. The average molecular weight is 295 g/mol. The Balaban J connectivity index is 1.73. The van der Waals surface area contributed by atoms with E-state index in [1.165, 1.54) is 58.0 Å². The lowest BCUT2D eigenvalue weighted by Gasteiger charge is -2.44. The van der Waals surface area contributed by atoms with E-state index in [1.54, 1.807) is 0 Å². The average Bonchev–Trinajstić information content (AvgIpc) is 2.45. The number of piperidine rings is 1. The molecule has 2 fully saturated rings. The zero-order valence-electron chi connectivity index (χ0n) is 13.9. The number of likely N-dealkylation sites (tertiary alicyclic amines) is 1. The maximum absolute atomic E-state index is 11.5. The molecule has 3 N–H and O–H groups in total. The number of hydrogen-bond acceptors (Lipinski definition) is 3. The number of rotatable bonds is 6. The number of nitrogens with two attached hydrogens (primary N) is 1. The second-order valence-corrected chi connectivity index (χ2v) is 7.47. The van der Waals surface area contributed by atoms with Crippen LogP contribution >= 0.6 is 0 Å². The predicted octanol–water partition coefficient (Wildman–Crippen LogP) is 2.27. The predicted molar refractivity (Wildman–Crippen MR) is 87.1 cm³/mol. The van der Waals surface area contributed by atoms with Gasteiger partial charge < -0.3 is 16.0 Å². The van der Waals surface area contributed by atoms with Crippen LogP contribution in [0, 0.1) is 5.41 Å². The Hall–Kier alpha value is -0.610. The van der Waals surface area contributed by atoms with Crippen LogP contribution in [0.5, 0.6) is 0 Å². The van der Waals surface area contributed by atoms with Gasteiger partial charge in [0, 0.05) is 12.6 Å². The van der Waals surface area contributed by atoms with Gasteiger partial charge in [-0.05, 0) is 50.6 Å². The minimum absolute atomic E-state index is 0.185. The van der Waals surface area contributed by atoms with Crippen molar-refractivity contribution in [1.82, 2.24) is 10.2 Å².